The molecule has 0 aliphatic rings. The van der Waals surface area contributed by atoms with Crippen molar-refractivity contribution in [2.75, 3.05) is 6.61 Å². The number of ether oxygens (including phenoxy) is 1. The van der Waals surface area contributed by atoms with Gasteiger partial charge in [-0.25, -0.2) is 4.98 Å². The van der Waals surface area contributed by atoms with Gasteiger partial charge in [-0.1, -0.05) is 10.8 Å². The van der Waals surface area contributed by atoms with Crippen LogP contribution in [0.5, 0.6) is 5.88 Å². The molecule has 0 saturated heterocycles. The van der Waals surface area contributed by atoms with E-state index in [9.17, 15) is 13.2 Å². The molecule has 0 N–H and O–H groups in total. The second kappa shape index (κ2) is 5.62. The number of nitrogens with zero attached hydrogens (tertiary/aromatic N) is 2. The van der Waals surface area contributed by atoms with E-state index in [-0.39, 0.29) is 11.1 Å². The Kier molecular flexibility index (Phi) is 4.72. The monoisotopic (exact) mass is 270 g/mol. The van der Waals surface area contributed by atoms with Crippen molar-refractivity contribution in [3.05, 3.63) is 18.1 Å². The molecule has 0 bridgehead atoms. The van der Waals surface area contributed by atoms with E-state index < -0.39 is 12.8 Å². The Morgan fingerprint density at radius 2 is 2.12 bits per heavy atom. The highest BCUT2D eigenvalue weighted by Gasteiger charge is 2.28. The maximum Gasteiger partial charge on any atom is 0.422 e. The van der Waals surface area contributed by atoms with E-state index in [0.717, 1.165) is 0 Å². The number of aromatic nitrogens is 2. The summed E-state index contributed by atoms with van der Waals surface area (Å²) in [5.74, 6) is -0.141. The fourth-order valence-electron chi connectivity index (χ4n) is 0.820. The molecule has 1 heterocycles. The second-order valence-corrected chi connectivity index (χ2v) is 4.48. The van der Waals surface area contributed by atoms with E-state index >= 15 is 0 Å². The van der Waals surface area contributed by atoms with Crippen LogP contribution in [0.4, 0.5) is 13.2 Å². The van der Waals surface area contributed by atoms with Crippen molar-refractivity contribution in [1.82, 2.24) is 9.97 Å². The molecule has 0 fully saturated rings. The molecule has 0 aromatic carbocycles. The largest absolute Gasteiger partial charge is 0.467 e. The summed E-state index contributed by atoms with van der Waals surface area (Å²) in [7, 11) is 1.27. The molecular weight excluding hydrogens is 261 g/mol. The Morgan fingerprint density at radius 1 is 1.44 bits per heavy atom. The van der Waals surface area contributed by atoms with Crippen LogP contribution in [-0.2, 0) is 0 Å². The highest BCUT2D eigenvalue weighted by molar-refractivity contribution is 8.68. The molecule has 0 amide bonds. The number of rotatable bonds is 4. The molecule has 3 nitrogen and oxygen atoms in total. The molecule has 1 aromatic rings. The van der Waals surface area contributed by atoms with Gasteiger partial charge in [0, 0.05) is 0 Å². The van der Waals surface area contributed by atoms with Crippen molar-refractivity contribution < 1.29 is 17.9 Å². The van der Waals surface area contributed by atoms with E-state index in [1.807, 2.05) is 6.92 Å². The van der Waals surface area contributed by atoms with E-state index in [2.05, 4.69) is 26.4 Å². The summed E-state index contributed by atoms with van der Waals surface area (Å²) in [6, 6.07) is 0. The summed E-state index contributed by atoms with van der Waals surface area (Å²) in [4.78, 5) is 7.64. The molecule has 0 saturated carbocycles. The molecule has 8 heteroatoms. The lowest BCUT2D eigenvalue weighted by Crippen LogP contribution is -2.19. The average molecular weight is 270 g/mol. The molecule has 0 spiro atoms. The van der Waals surface area contributed by atoms with Crippen molar-refractivity contribution in [3.63, 3.8) is 0 Å². The van der Waals surface area contributed by atoms with Gasteiger partial charge < -0.3 is 4.74 Å². The van der Waals surface area contributed by atoms with Gasteiger partial charge in [0.2, 0.25) is 5.88 Å². The van der Waals surface area contributed by atoms with Crippen LogP contribution in [0, 0.1) is 0 Å². The lowest BCUT2D eigenvalue weighted by Gasteiger charge is -2.09. The summed E-state index contributed by atoms with van der Waals surface area (Å²) < 4.78 is 39.9. The van der Waals surface area contributed by atoms with Crippen molar-refractivity contribution in [2.24, 2.45) is 0 Å². The van der Waals surface area contributed by atoms with Crippen LogP contribution in [0.3, 0.4) is 0 Å². The molecule has 0 aliphatic carbocycles. The summed E-state index contributed by atoms with van der Waals surface area (Å²) in [6.07, 6.45) is -1.82. The molecule has 1 aromatic heterocycles. The zero-order chi connectivity index (χ0) is 12.2. The van der Waals surface area contributed by atoms with Gasteiger partial charge in [0.1, 0.15) is 0 Å². The molecule has 1 atom stereocenters. The topological polar surface area (TPSA) is 35.0 Å². The average Bonchev–Trinajstić information content (AvgIpc) is 2.25. The highest BCUT2D eigenvalue weighted by Crippen LogP contribution is 2.29. The third-order valence-electron chi connectivity index (χ3n) is 1.61. The molecule has 1 rings (SSSR count). The first-order chi connectivity index (χ1) is 7.42. The van der Waals surface area contributed by atoms with Gasteiger partial charge in [0.05, 0.1) is 23.3 Å². The fraction of sp³-hybridized carbons (Fsp3) is 0.500. The number of halogens is 3. The Bertz CT molecular complexity index is 331. The third kappa shape index (κ3) is 4.48. The number of hydrogen-bond donors (Lipinski definition) is 1. The van der Waals surface area contributed by atoms with Crippen LogP contribution < -0.4 is 4.74 Å². The smallest absolute Gasteiger partial charge is 0.422 e. The van der Waals surface area contributed by atoms with Crippen LogP contribution in [0.15, 0.2) is 12.4 Å². The normalized spacial score (nSPS) is 13.6. The number of alkyl halides is 3. The molecule has 90 valence electrons. The summed E-state index contributed by atoms with van der Waals surface area (Å²) in [5.41, 5.74) is 0.638. The van der Waals surface area contributed by atoms with E-state index in [1.165, 1.54) is 23.2 Å². The quantitative estimate of drug-likeness (QED) is 0.673. The minimum atomic E-state index is -4.37. The van der Waals surface area contributed by atoms with Crippen molar-refractivity contribution >= 4 is 22.5 Å². The van der Waals surface area contributed by atoms with Gasteiger partial charge in [-0.15, -0.1) is 11.7 Å². The summed E-state index contributed by atoms with van der Waals surface area (Å²) in [6.45, 7) is 0.496. The number of hydrogen-bond acceptors (Lipinski definition) is 5. The summed E-state index contributed by atoms with van der Waals surface area (Å²) in [5, 5.41) is 0.0208. The highest BCUT2D eigenvalue weighted by atomic mass is 33.1. The first-order valence-electron chi connectivity index (χ1n) is 4.24. The van der Waals surface area contributed by atoms with E-state index in [1.54, 1.807) is 0 Å². The zero-order valence-electron chi connectivity index (χ0n) is 8.23. The van der Waals surface area contributed by atoms with E-state index in [0.29, 0.717) is 5.69 Å². The Labute approximate surface area is 99.6 Å². The van der Waals surface area contributed by atoms with Crippen LogP contribution in [-0.4, -0.2) is 22.8 Å². The standard InChI is InChI=1S/C8H9F3N2OS2/c1-5(16-15)6-2-13-7(3-12-6)14-4-8(9,10)11/h2-3,5,15H,4H2,1H3. The molecule has 0 radical (unpaired) electrons. The van der Waals surface area contributed by atoms with Crippen LogP contribution in [0.2, 0.25) is 0 Å². The lowest BCUT2D eigenvalue weighted by atomic mass is 10.3. The van der Waals surface area contributed by atoms with Gasteiger partial charge >= 0.3 is 6.18 Å². The van der Waals surface area contributed by atoms with Gasteiger partial charge in [-0.05, 0) is 6.92 Å². The van der Waals surface area contributed by atoms with Crippen molar-refractivity contribution in [2.45, 2.75) is 18.3 Å². The van der Waals surface area contributed by atoms with Crippen LogP contribution in [0.25, 0.3) is 0 Å². The molecular formula is C8H9F3N2OS2. The Morgan fingerprint density at radius 3 is 2.56 bits per heavy atom. The predicted molar refractivity (Wildman–Crippen MR) is 58.6 cm³/mol. The SMILES string of the molecule is CC(SS)c1cnc(OCC(F)(F)F)cn1. The Balaban J connectivity index is 2.58. The molecule has 0 aliphatic heterocycles. The zero-order valence-corrected chi connectivity index (χ0v) is 9.94. The van der Waals surface area contributed by atoms with E-state index in [4.69, 9.17) is 0 Å². The van der Waals surface area contributed by atoms with Crippen molar-refractivity contribution in [1.29, 1.82) is 0 Å². The summed E-state index contributed by atoms with van der Waals surface area (Å²) >= 11 is 4.00. The lowest BCUT2D eigenvalue weighted by molar-refractivity contribution is -0.154. The third-order valence-corrected chi connectivity index (χ3v) is 3.11. The first kappa shape index (κ1) is 13.4. The second-order valence-electron chi connectivity index (χ2n) is 2.93. The Hall–Kier alpha value is -0.630. The van der Waals surface area contributed by atoms with Gasteiger partial charge in [0.25, 0.3) is 0 Å². The fourth-order valence-corrected chi connectivity index (χ4v) is 1.37. The number of thiol groups is 1. The minimum Gasteiger partial charge on any atom is -0.467 e. The maximum absolute atomic E-state index is 11.8. The van der Waals surface area contributed by atoms with Gasteiger partial charge in [0.15, 0.2) is 6.61 Å². The van der Waals surface area contributed by atoms with Gasteiger partial charge in [-0.2, -0.15) is 13.2 Å². The van der Waals surface area contributed by atoms with Gasteiger partial charge in [-0.3, -0.25) is 4.98 Å². The van der Waals surface area contributed by atoms with Crippen LogP contribution >= 0.6 is 22.5 Å². The molecule has 1 unspecified atom stereocenters. The maximum atomic E-state index is 11.8. The van der Waals surface area contributed by atoms with Crippen molar-refractivity contribution in [3.8, 4) is 5.88 Å². The minimum absolute atomic E-state index is 0.0208. The predicted octanol–water partition coefficient (Wildman–Crippen LogP) is 3.06. The molecule has 16 heavy (non-hydrogen) atoms. The first-order valence-corrected chi connectivity index (χ1v) is 6.17. The van der Waals surface area contributed by atoms with Crippen LogP contribution in [0.1, 0.15) is 17.9 Å².